The number of hydrogen-bond acceptors (Lipinski definition) is 4. The minimum absolute atomic E-state index is 0.0146. The van der Waals surface area contributed by atoms with Crippen molar-refractivity contribution in [2.75, 3.05) is 26.2 Å². The molecule has 3 rings (SSSR count). The number of aryl methyl sites for hydroxylation is 1. The van der Waals surface area contributed by atoms with Gasteiger partial charge in [-0.25, -0.2) is 9.07 Å². The van der Waals surface area contributed by atoms with Gasteiger partial charge in [0.15, 0.2) is 0 Å². The molecule has 0 radical (unpaired) electrons. The van der Waals surface area contributed by atoms with Gasteiger partial charge in [0.1, 0.15) is 5.82 Å². The monoisotopic (exact) mass is 388 g/mol. The van der Waals surface area contributed by atoms with Crippen molar-refractivity contribution in [2.24, 2.45) is 0 Å². The zero-order valence-corrected chi connectivity index (χ0v) is 17.0. The minimum Gasteiger partial charge on any atom is -0.373 e. The molecule has 7 heteroatoms. The van der Waals surface area contributed by atoms with Gasteiger partial charge in [0.2, 0.25) is 5.91 Å². The van der Waals surface area contributed by atoms with Gasteiger partial charge in [0, 0.05) is 37.4 Å². The lowest BCUT2D eigenvalue weighted by molar-refractivity contribution is -0.120. The average Bonchev–Trinajstić information content (AvgIpc) is 2.90. The molecule has 1 fully saturated rings. The van der Waals surface area contributed by atoms with E-state index in [1.165, 1.54) is 12.1 Å². The molecule has 2 aromatic rings. The summed E-state index contributed by atoms with van der Waals surface area (Å²) in [4.78, 5) is 14.8. The lowest BCUT2D eigenvalue weighted by Crippen LogP contribution is -2.48. The molecule has 152 valence electrons. The molecule has 6 nitrogen and oxygen atoms in total. The van der Waals surface area contributed by atoms with Gasteiger partial charge in [0.05, 0.1) is 30.0 Å². The number of carbonyl (C=O) groups is 1. The molecule has 0 spiro atoms. The van der Waals surface area contributed by atoms with Crippen LogP contribution in [0.3, 0.4) is 0 Å². The van der Waals surface area contributed by atoms with Crippen LogP contribution < -0.4 is 5.32 Å². The Morgan fingerprint density at radius 2 is 1.86 bits per heavy atom. The van der Waals surface area contributed by atoms with Gasteiger partial charge in [-0.1, -0.05) is 0 Å². The summed E-state index contributed by atoms with van der Waals surface area (Å²) in [5, 5.41) is 7.54. The molecule has 2 heterocycles. The number of benzene rings is 1. The number of carbonyl (C=O) groups excluding carboxylic acids is 1. The zero-order valence-electron chi connectivity index (χ0n) is 17.0. The Morgan fingerprint density at radius 1 is 1.21 bits per heavy atom. The fraction of sp³-hybridized carbons (Fsp3) is 0.524. The first-order valence-corrected chi connectivity index (χ1v) is 9.79. The molecule has 1 aromatic heterocycles. The normalized spacial score (nSPS) is 20.3. The summed E-state index contributed by atoms with van der Waals surface area (Å²) in [7, 11) is 0. The second kappa shape index (κ2) is 8.84. The lowest BCUT2D eigenvalue weighted by atomic mass is 10.1. The van der Waals surface area contributed by atoms with Gasteiger partial charge < -0.3 is 10.1 Å². The summed E-state index contributed by atoms with van der Waals surface area (Å²) in [6, 6.07) is 6.18. The van der Waals surface area contributed by atoms with E-state index in [4.69, 9.17) is 4.74 Å². The van der Waals surface area contributed by atoms with Gasteiger partial charge in [-0.05, 0) is 52.0 Å². The van der Waals surface area contributed by atoms with Gasteiger partial charge >= 0.3 is 0 Å². The smallest absolute Gasteiger partial charge is 0.224 e. The van der Waals surface area contributed by atoms with Crippen LogP contribution in [0.15, 0.2) is 24.3 Å². The number of ether oxygens (including phenoxy) is 1. The van der Waals surface area contributed by atoms with Crippen molar-refractivity contribution in [3.63, 3.8) is 0 Å². The topological polar surface area (TPSA) is 59.4 Å². The highest BCUT2D eigenvalue weighted by Gasteiger charge is 2.22. The number of nitrogens with zero attached hydrogens (tertiary/aromatic N) is 3. The van der Waals surface area contributed by atoms with Crippen LogP contribution in [0, 0.1) is 19.7 Å². The number of aromatic nitrogens is 2. The van der Waals surface area contributed by atoms with E-state index in [-0.39, 0.29) is 30.4 Å². The molecule has 0 aliphatic carbocycles. The van der Waals surface area contributed by atoms with Crippen LogP contribution in [0.5, 0.6) is 0 Å². The predicted molar refractivity (Wildman–Crippen MR) is 106 cm³/mol. The Hall–Kier alpha value is -2.25. The third kappa shape index (κ3) is 4.97. The van der Waals surface area contributed by atoms with Crippen LogP contribution in [-0.4, -0.2) is 59.0 Å². The quantitative estimate of drug-likeness (QED) is 0.826. The first kappa shape index (κ1) is 20.5. The number of halogens is 1. The van der Waals surface area contributed by atoms with Crippen molar-refractivity contribution in [3.8, 4) is 5.69 Å². The van der Waals surface area contributed by atoms with Crippen molar-refractivity contribution >= 4 is 5.91 Å². The second-order valence-electron chi connectivity index (χ2n) is 7.58. The van der Waals surface area contributed by atoms with Crippen LogP contribution >= 0.6 is 0 Å². The summed E-state index contributed by atoms with van der Waals surface area (Å²) >= 11 is 0. The van der Waals surface area contributed by atoms with Gasteiger partial charge in [-0.15, -0.1) is 0 Å². The largest absolute Gasteiger partial charge is 0.373 e. The fourth-order valence-corrected chi connectivity index (χ4v) is 3.81. The van der Waals surface area contributed by atoms with Crippen LogP contribution in [0.1, 0.15) is 30.8 Å². The molecule has 2 atom stereocenters. The summed E-state index contributed by atoms with van der Waals surface area (Å²) < 4.78 is 20.7. The van der Waals surface area contributed by atoms with E-state index < -0.39 is 0 Å². The number of morpholine rings is 1. The maximum Gasteiger partial charge on any atom is 0.224 e. The van der Waals surface area contributed by atoms with Crippen LogP contribution in [0.25, 0.3) is 5.69 Å². The molecule has 1 amide bonds. The van der Waals surface area contributed by atoms with Crippen molar-refractivity contribution in [2.45, 2.75) is 46.3 Å². The van der Waals surface area contributed by atoms with Crippen molar-refractivity contribution in [1.82, 2.24) is 20.0 Å². The maximum absolute atomic E-state index is 13.2. The molecule has 2 unspecified atom stereocenters. The Morgan fingerprint density at radius 3 is 2.50 bits per heavy atom. The SMILES string of the molecule is Cc1nn(-c2ccc(F)cc2)c(C)c1CC(=O)NCCN1CC(C)OC(C)C1. The van der Waals surface area contributed by atoms with E-state index in [1.807, 2.05) is 13.8 Å². The Labute approximate surface area is 165 Å². The third-order valence-corrected chi connectivity index (χ3v) is 5.10. The first-order valence-electron chi connectivity index (χ1n) is 9.79. The van der Waals surface area contributed by atoms with Crippen molar-refractivity contribution in [1.29, 1.82) is 0 Å². The molecule has 0 saturated carbocycles. The number of amides is 1. The van der Waals surface area contributed by atoms with Gasteiger partial charge in [-0.2, -0.15) is 5.10 Å². The third-order valence-electron chi connectivity index (χ3n) is 5.10. The molecule has 1 N–H and O–H groups in total. The van der Waals surface area contributed by atoms with E-state index in [0.717, 1.165) is 42.3 Å². The van der Waals surface area contributed by atoms with Crippen molar-refractivity contribution in [3.05, 3.63) is 47.0 Å². The predicted octanol–water partition coefficient (Wildman–Crippen LogP) is 2.40. The first-order chi connectivity index (χ1) is 13.3. The number of hydrogen-bond donors (Lipinski definition) is 1. The number of rotatable bonds is 6. The molecule has 1 saturated heterocycles. The van der Waals surface area contributed by atoms with Crippen molar-refractivity contribution < 1.29 is 13.9 Å². The lowest BCUT2D eigenvalue weighted by Gasteiger charge is -2.35. The molecular formula is C21H29FN4O2. The van der Waals surface area contributed by atoms with Crippen LogP contribution in [-0.2, 0) is 16.0 Å². The molecule has 1 aromatic carbocycles. The summed E-state index contributed by atoms with van der Waals surface area (Å²) in [6.07, 6.45) is 0.735. The number of nitrogens with one attached hydrogen (secondary N) is 1. The summed E-state index contributed by atoms with van der Waals surface area (Å²) in [5.41, 5.74) is 3.41. The standard InChI is InChI=1S/C21H29FN4O2/c1-14-12-25(13-15(2)28-14)10-9-23-21(27)11-20-16(3)24-26(17(20)4)19-7-5-18(22)6-8-19/h5-8,14-15H,9-13H2,1-4H3,(H,23,27). The molecule has 1 aliphatic rings. The Kier molecular flexibility index (Phi) is 6.46. The van der Waals surface area contributed by atoms with Crippen LogP contribution in [0.2, 0.25) is 0 Å². The van der Waals surface area contributed by atoms with E-state index in [1.54, 1.807) is 16.8 Å². The fourth-order valence-electron chi connectivity index (χ4n) is 3.81. The Balaban J connectivity index is 1.56. The highest BCUT2D eigenvalue weighted by atomic mass is 19.1. The van der Waals surface area contributed by atoms with Crippen LogP contribution in [0.4, 0.5) is 4.39 Å². The van der Waals surface area contributed by atoms with Gasteiger partial charge in [-0.3, -0.25) is 9.69 Å². The highest BCUT2D eigenvalue weighted by molar-refractivity contribution is 5.79. The average molecular weight is 388 g/mol. The maximum atomic E-state index is 13.2. The molecule has 0 bridgehead atoms. The second-order valence-corrected chi connectivity index (χ2v) is 7.58. The Bertz CT molecular complexity index is 809. The molecule has 28 heavy (non-hydrogen) atoms. The van der Waals surface area contributed by atoms with Gasteiger partial charge in [0.25, 0.3) is 0 Å². The summed E-state index contributed by atoms with van der Waals surface area (Å²) in [5.74, 6) is -0.298. The highest BCUT2D eigenvalue weighted by Crippen LogP contribution is 2.19. The molecular weight excluding hydrogens is 359 g/mol. The van der Waals surface area contributed by atoms with E-state index in [2.05, 4.69) is 29.2 Å². The zero-order chi connectivity index (χ0) is 20.3. The summed E-state index contributed by atoms with van der Waals surface area (Å²) in [6.45, 7) is 11.2. The van der Waals surface area contributed by atoms with E-state index >= 15 is 0 Å². The van der Waals surface area contributed by atoms with E-state index in [9.17, 15) is 9.18 Å². The minimum atomic E-state index is -0.283. The molecule has 1 aliphatic heterocycles. The van der Waals surface area contributed by atoms with E-state index in [0.29, 0.717) is 6.54 Å².